The van der Waals surface area contributed by atoms with E-state index in [1.807, 2.05) is 24.3 Å². The second-order valence-corrected chi connectivity index (χ2v) is 2.79. The molecule has 0 aliphatic rings. The Kier molecular flexibility index (Phi) is 1.73. The molecule has 0 atom stereocenters. The largest absolute Gasteiger partial charge is 0.411 e. The Morgan fingerprint density at radius 1 is 1.46 bits per heavy atom. The number of hydrogen-bond donors (Lipinski definition) is 2. The highest BCUT2D eigenvalue weighted by molar-refractivity contribution is 5.97. The van der Waals surface area contributed by atoms with Gasteiger partial charge in [0.1, 0.15) is 5.71 Å². The highest BCUT2D eigenvalue weighted by Crippen LogP contribution is 2.10. The van der Waals surface area contributed by atoms with Gasteiger partial charge in [-0.2, -0.15) is 0 Å². The van der Waals surface area contributed by atoms with Gasteiger partial charge in [0, 0.05) is 0 Å². The number of hydrogen-bond acceptors (Lipinski definition) is 3. The molecule has 0 bridgehead atoms. The van der Waals surface area contributed by atoms with Crippen molar-refractivity contribution in [3.05, 3.63) is 30.1 Å². The summed E-state index contributed by atoms with van der Waals surface area (Å²) >= 11 is 0. The number of oxime groups is 1. The summed E-state index contributed by atoms with van der Waals surface area (Å²) in [5.74, 6) is 0.601. The molecule has 1 aromatic heterocycles. The van der Waals surface area contributed by atoms with Crippen molar-refractivity contribution in [1.82, 2.24) is 9.97 Å². The zero-order chi connectivity index (χ0) is 9.26. The molecule has 13 heavy (non-hydrogen) atoms. The average Bonchev–Trinajstić information content (AvgIpc) is 2.59. The topological polar surface area (TPSA) is 61.3 Å². The molecule has 4 nitrogen and oxygen atoms in total. The van der Waals surface area contributed by atoms with E-state index in [-0.39, 0.29) is 0 Å². The molecule has 0 aliphatic carbocycles. The molecule has 1 aromatic carbocycles. The highest BCUT2D eigenvalue weighted by atomic mass is 16.4. The molecule has 0 spiro atoms. The summed E-state index contributed by atoms with van der Waals surface area (Å²) in [5.41, 5.74) is 2.30. The molecule has 66 valence electrons. The van der Waals surface area contributed by atoms with Gasteiger partial charge in [-0.05, 0) is 19.1 Å². The van der Waals surface area contributed by atoms with E-state index >= 15 is 0 Å². The first-order valence-electron chi connectivity index (χ1n) is 3.95. The van der Waals surface area contributed by atoms with Crippen LogP contribution in [0.1, 0.15) is 12.7 Å². The Bertz CT molecular complexity index is 426. The van der Waals surface area contributed by atoms with Crippen molar-refractivity contribution in [2.24, 2.45) is 5.16 Å². The number of aromatic nitrogens is 2. The average molecular weight is 175 g/mol. The lowest BCUT2D eigenvalue weighted by molar-refractivity contribution is 0.319. The number of benzene rings is 1. The first-order chi connectivity index (χ1) is 6.31. The predicted molar refractivity (Wildman–Crippen MR) is 50.1 cm³/mol. The van der Waals surface area contributed by atoms with Crippen LogP contribution in [-0.2, 0) is 0 Å². The number of aromatic amines is 1. The molecule has 1 heterocycles. The Labute approximate surface area is 74.9 Å². The lowest BCUT2D eigenvalue weighted by atomic mass is 10.3. The number of rotatable bonds is 1. The molecule has 2 aromatic rings. The van der Waals surface area contributed by atoms with Crippen LogP contribution in [-0.4, -0.2) is 20.9 Å². The summed E-state index contributed by atoms with van der Waals surface area (Å²) in [6.07, 6.45) is 0. The van der Waals surface area contributed by atoms with E-state index in [0.717, 1.165) is 11.0 Å². The van der Waals surface area contributed by atoms with E-state index in [4.69, 9.17) is 5.21 Å². The van der Waals surface area contributed by atoms with Crippen LogP contribution in [0.5, 0.6) is 0 Å². The summed E-state index contributed by atoms with van der Waals surface area (Å²) in [7, 11) is 0. The summed E-state index contributed by atoms with van der Waals surface area (Å²) in [4.78, 5) is 7.28. The van der Waals surface area contributed by atoms with Crippen molar-refractivity contribution in [3.8, 4) is 0 Å². The Morgan fingerprint density at radius 2 is 2.23 bits per heavy atom. The van der Waals surface area contributed by atoms with Crippen molar-refractivity contribution < 1.29 is 5.21 Å². The molecule has 0 fully saturated rings. The number of imidazole rings is 1. The van der Waals surface area contributed by atoms with Gasteiger partial charge in [0.25, 0.3) is 0 Å². The number of H-pyrrole nitrogens is 1. The number of para-hydroxylation sites is 2. The quantitative estimate of drug-likeness (QED) is 0.394. The number of nitrogens with zero attached hydrogens (tertiary/aromatic N) is 2. The zero-order valence-electron chi connectivity index (χ0n) is 7.15. The van der Waals surface area contributed by atoms with E-state index < -0.39 is 0 Å². The van der Waals surface area contributed by atoms with Gasteiger partial charge < -0.3 is 10.2 Å². The monoisotopic (exact) mass is 175 g/mol. The fraction of sp³-hybridized carbons (Fsp3) is 0.111. The van der Waals surface area contributed by atoms with Gasteiger partial charge in [0.05, 0.1) is 11.0 Å². The highest BCUT2D eigenvalue weighted by Gasteiger charge is 2.03. The fourth-order valence-corrected chi connectivity index (χ4v) is 1.17. The van der Waals surface area contributed by atoms with Crippen LogP contribution in [0.3, 0.4) is 0 Å². The van der Waals surface area contributed by atoms with Crippen molar-refractivity contribution in [2.75, 3.05) is 0 Å². The van der Waals surface area contributed by atoms with Gasteiger partial charge in [0.15, 0.2) is 5.82 Å². The molecular weight excluding hydrogens is 166 g/mol. The molecule has 4 heteroatoms. The minimum atomic E-state index is 0.483. The third-order valence-corrected chi connectivity index (χ3v) is 1.88. The van der Waals surface area contributed by atoms with Gasteiger partial charge in [-0.15, -0.1) is 0 Å². The van der Waals surface area contributed by atoms with Crippen LogP contribution in [0, 0.1) is 0 Å². The van der Waals surface area contributed by atoms with Gasteiger partial charge in [-0.3, -0.25) is 0 Å². The maximum atomic E-state index is 8.54. The van der Waals surface area contributed by atoms with Crippen molar-refractivity contribution in [1.29, 1.82) is 0 Å². The maximum Gasteiger partial charge on any atom is 0.156 e. The summed E-state index contributed by atoms with van der Waals surface area (Å²) < 4.78 is 0. The van der Waals surface area contributed by atoms with Crippen molar-refractivity contribution >= 4 is 16.7 Å². The van der Waals surface area contributed by atoms with Crippen LogP contribution in [0.2, 0.25) is 0 Å². The smallest absolute Gasteiger partial charge is 0.156 e. The van der Waals surface area contributed by atoms with Gasteiger partial charge in [-0.25, -0.2) is 4.98 Å². The SMILES string of the molecule is C/C(=N\O)c1nc2ccccc2[nH]1. The van der Waals surface area contributed by atoms with Gasteiger partial charge in [0.2, 0.25) is 0 Å². The maximum absolute atomic E-state index is 8.54. The second-order valence-electron chi connectivity index (χ2n) is 2.79. The van der Waals surface area contributed by atoms with E-state index in [1.54, 1.807) is 6.92 Å². The van der Waals surface area contributed by atoms with E-state index in [2.05, 4.69) is 15.1 Å². The van der Waals surface area contributed by atoms with E-state index in [0.29, 0.717) is 11.5 Å². The normalized spacial score (nSPS) is 12.2. The molecule has 0 saturated carbocycles. The third-order valence-electron chi connectivity index (χ3n) is 1.88. The summed E-state index contributed by atoms with van der Waals surface area (Å²) in [5, 5.41) is 11.6. The Balaban J connectivity index is 2.62. The predicted octanol–water partition coefficient (Wildman–Crippen LogP) is 1.76. The Morgan fingerprint density at radius 3 is 2.92 bits per heavy atom. The number of nitrogens with one attached hydrogen (secondary N) is 1. The van der Waals surface area contributed by atoms with Gasteiger partial charge >= 0.3 is 0 Å². The molecule has 2 N–H and O–H groups in total. The van der Waals surface area contributed by atoms with Crippen LogP contribution < -0.4 is 0 Å². The lowest BCUT2D eigenvalue weighted by Gasteiger charge is -1.87. The van der Waals surface area contributed by atoms with Crippen LogP contribution in [0.4, 0.5) is 0 Å². The van der Waals surface area contributed by atoms with Crippen LogP contribution >= 0.6 is 0 Å². The molecular formula is C9H9N3O. The molecule has 0 aliphatic heterocycles. The van der Waals surface area contributed by atoms with E-state index in [1.165, 1.54) is 0 Å². The van der Waals surface area contributed by atoms with Crippen LogP contribution in [0.15, 0.2) is 29.4 Å². The molecule has 0 unspecified atom stereocenters. The first kappa shape index (κ1) is 7.79. The summed E-state index contributed by atoms with van der Waals surface area (Å²) in [6, 6.07) is 7.67. The minimum Gasteiger partial charge on any atom is -0.411 e. The fourth-order valence-electron chi connectivity index (χ4n) is 1.17. The molecule has 2 rings (SSSR count). The zero-order valence-corrected chi connectivity index (χ0v) is 7.15. The van der Waals surface area contributed by atoms with Crippen molar-refractivity contribution in [3.63, 3.8) is 0 Å². The minimum absolute atomic E-state index is 0.483. The second kappa shape index (κ2) is 2.90. The van der Waals surface area contributed by atoms with Crippen molar-refractivity contribution in [2.45, 2.75) is 6.92 Å². The Hall–Kier alpha value is -1.84. The first-order valence-corrected chi connectivity index (χ1v) is 3.95. The van der Waals surface area contributed by atoms with Crippen LogP contribution in [0.25, 0.3) is 11.0 Å². The molecule has 0 saturated heterocycles. The lowest BCUT2D eigenvalue weighted by Crippen LogP contribution is -1.96. The van der Waals surface area contributed by atoms with Gasteiger partial charge in [-0.1, -0.05) is 17.3 Å². The number of fused-ring (bicyclic) bond motifs is 1. The standard InChI is InChI=1S/C9H9N3O/c1-6(12-13)9-10-7-4-2-3-5-8(7)11-9/h2-5,13H,1H3,(H,10,11)/b12-6+. The molecule has 0 radical (unpaired) electrons. The summed E-state index contributed by atoms with van der Waals surface area (Å²) in [6.45, 7) is 1.69. The van der Waals surface area contributed by atoms with E-state index in [9.17, 15) is 0 Å². The molecule has 0 amide bonds. The third kappa shape index (κ3) is 1.26.